The number of hydrogen-bond donors (Lipinski definition) is 1. The molecule has 0 bridgehead atoms. The molecule has 0 aromatic carbocycles. The summed E-state index contributed by atoms with van der Waals surface area (Å²) < 4.78 is 0. The van der Waals surface area contributed by atoms with Crippen molar-refractivity contribution in [3.63, 3.8) is 0 Å². The lowest BCUT2D eigenvalue weighted by Gasteiger charge is -1.93. The molecular weight excluding hydrogens is 160 g/mol. The molecule has 0 amide bonds. The van der Waals surface area contributed by atoms with Gasteiger partial charge in [-0.3, -0.25) is 0 Å². The number of aromatic nitrogens is 1. The summed E-state index contributed by atoms with van der Waals surface area (Å²) >= 11 is 0. The molecule has 0 saturated carbocycles. The van der Waals surface area contributed by atoms with E-state index in [1.165, 1.54) is 12.3 Å². The van der Waals surface area contributed by atoms with E-state index >= 15 is 0 Å². The first-order chi connectivity index (χ1) is 5.75. The van der Waals surface area contributed by atoms with E-state index in [1.54, 1.807) is 6.07 Å². The van der Waals surface area contributed by atoms with Gasteiger partial charge in [-0.1, -0.05) is 0 Å². The average molecular weight is 166 g/mol. The standard InChI is InChI=1S/C6H6N4O2/c7-4-9-5-2-1-3-8-6(5)10(11)12/h1-4H,(H2,7,9). The smallest absolute Gasteiger partial charge is 0.389 e. The second-order valence-corrected chi connectivity index (χ2v) is 1.88. The second-order valence-electron chi connectivity index (χ2n) is 1.88. The molecule has 0 spiro atoms. The molecule has 6 nitrogen and oxygen atoms in total. The highest BCUT2D eigenvalue weighted by Gasteiger charge is 2.11. The van der Waals surface area contributed by atoms with Crippen molar-refractivity contribution in [1.82, 2.24) is 4.98 Å². The van der Waals surface area contributed by atoms with Gasteiger partial charge >= 0.3 is 5.82 Å². The van der Waals surface area contributed by atoms with E-state index in [0.717, 1.165) is 6.34 Å². The molecule has 0 aliphatic heterocycles. The molecule has 62 valence electrons. The molecule has 0 fully saturated rings. The van der Waals surface area contributed by atoms with Gasteiger partial charge in [0.2, 0.25) is 0 Å². The molecule has 1 aromatic rings. The fraction of sp³-hybridized carbons (Fsp3) is 0. The first-order valence-electron chi connectivity index (χ1n) is 3.09. The third kappa shape index (κ3) is 1.54. The van der Waals surface area contributed by atoms with Crippen LogP contribution in [-0.4, -0.2) is 16.2 Å². The van der Waals surface area contributed by atoms with E-state index in [4.69, 9.17) is 5.73 Å². The maximum atomic E-state index is 10.3. The van der Waals surface area contributed by atoms with Crippen LogP contribution in [0.3, 0.4) is 0 Å². The van der Waals surface area contributed by atoms with E-state index in [9.17, 15) is 10.1 Å². The van der Waals surface area contributed by atoms with Gasteiger partial charge in [-0.05, 0) is 22.0 Å². The molecule has 0 saturated heterocycles. The first kappa shape index (κ1) is 8.12. The van der Waals surface area contributed by atoms with Crippen molar-refractivity contribution < 1.29 is 4.92 Å². The summed E-state index contributed by atoms with van der Waals surface area (Å²) in [5.74, 6) is -0.292. The SMILES string of the molecule is NC=Nc1cccnc1[N+](=O)[O-]. The van der Waals surface area contributed by atoms with Gasteiger partial charge in [0.05, 0.1) is 6.34 Å². The molecule has 0 aliphatic carbocycles. The number of nitro groups is 1. The van der Waals surface area contributed by atoms with Gasteiger partial charge in [0.1, 0.15) is 6.20 Å². The number of nitrogens with two attached hydrogens (primary N) is 1. The lowest BCUT2D eigenvalue weighted by Crippen LogP contribution is -1.93. The molecule has 1 heterocycles. The number of pyridine rings is 1. The Morgan fingerprint density at radius 1 is 1.75 bits per heavy atom. The Kier molecular flexibility index (Phi) is 2.32. The van der Waals surface area contributed by atoms with Crippen LogP contribution in [0, 0.1) is 10.1 Å². The third-order valence-corrected chi connectivity index (χ3v) is 1.15. The summed E-state index contributed by atoms with van der Waals surface area (Å²) in [4.78, 5) is 16.8. The van der Waals surface area contributed by atoms with Crippen LogP contribution in [0.25, 0.3) is 0 Å². The topological polar surface area (TPSA) is 94.4 Å². The predicted molar refractivity (Wildman–Crippen MR) is 43.2 cm³/mol. The predicted octanol–water partition coefficient (Wildman–Crippen LogP) is 0.608. The number of rotatable bonds is 2. The van der Waals surface area contributed by atoms with E-state index < -0.39 is 4.92 Å². The van der Waals surface area contributed by atoms with E-state index in [-0.39, 0.29) is 11.5 Å². The van der Waals surface area contributed by atoms with Crippen LogP contribution in [0.2, 0.25) is 0 Å². The summed E-state index contributed by atoms with van der Waals surface area (Å²) in [5.41, 5.74) is 5.14. The fourth-order valence-corrected chi connectivity index (χ4v) is 0.710. The van der Waals surface area contributed by atoms with Gasteiger partial charge < -0.3 is 15.8 Å². The summed E-state index contributed by atoms with van der Waals surface area (Å²) in [6, 6.07) is 3.02. The molecule has 12 heavy (non-hydrogen) atoms. The van der Waals surface area contributed by atoms with Gasteiger partial charge in [-0.2, -0.15) is 0 Å². The zero-order valence-corrected chi connectivity index (χ0v) is 6.04. The molecule has 0 atom stereocenters. The van der Waals surface area contributed by atoms with Crippen molar-refractivity contribution in [2.75, 3.05) is 0 Å². The molecule has 6 heteroatoms. The minimum absolute atomic E-state index is 0.157. The summed E-state index contributed by atoms with van der Waals surface area (Å²) in [6.45, 7) is 0. The highest BCUT2D eigenvalue weighted by molar-refractivity contribution is 5.63. The van der Waals surface area contributed by atoms with Crippen LogP contribution in [0.5, 0.6) is 0 Å². The molecule has 0 unspecified atom stereocenters. The quantitative estimate of drug-likeness (QED) is 0.301. The van der Waals surface area contributed by atoms with E-state index in [1.807, 2.05) is 0 Å². The largest absolute Gasteiger partial charge is 0.390 e. The molecular formula is C6H6N4O2. The van der Waals surface area contributed by atoms with Crippen molar-refractivity contribution in [1.29, 1.82) is 0 Å². The fourth-order valence-electron chi connectivity index (χ4n) is 0.710. The van der Waals surface area contributed by atoms with Crippen LogP contribution in [0.4, 0.5) is 11.5 Å². The normalized spacial score (nSPS) is 10.3. The molecule has 0 aliphatic rings. The highest BCUT2D eigenvalue weighted by atomic mass is 16.6. The van der Waals surface area contributed by atoms with Gasteiger partial charge in [-0.25, -0.2) is 4.99 Å². The molecule has 2 N–H and O–H groups in total. The van der Waals surface area contributed by atoms with Crippen molar-refractivity contribution in [2.45, 2.75) is 0 Å². The lowest BCUT2D eigenvalue weighted by atomic mass is 10.4. The number of nitrogens with zero attached hydrogens (tertiary/aromatic N) is 3. The summed E-state index contributed by atoms with van der Waals surface area (Å²) in [6.07, 6.45) is 2.32. The Morgan fingerprint density at radius 2 is 2.50 bits per heavy atom. The maximum absolute atomic E-state index is 10.3. The molecule has 1 aromatic heterocycles. The van der Waals surface area contributed by atoms with Crippen LogP contribution in [-0.2, 0) is 0 Å². The Morgan fingerprint density at radius 3 is 3.08 bits per heavy atom. The summed E-state index contributed by atoms with van der Waals surface area (Å²) in [7, 11) is 0. The average Bonchev–Trinajstić information content (AvgIpc) is 2.05. The van der Waals surface area contributed by atoms with Crippen molar-refractivity contribution in [2.24, 2.45) is 10.7 Å². The Balaban J connectivity index is 3.17. The monoisotopic (exact) mass is 166 g/mol. The first-order valence-corrected chi connectivity index (χ1v) is 3.09. The summed E-state index contributed by atoms with van der Waals surface area (Å²) in [5, 5.41) is 10.3. The van der Waals surface area contributed by atoms with E-state index in [0.29, 0.717) is 0 Å². The van der Waals surface area contributed by atoms with Crippen LogP contribution >= 0.6 is 0 Å². The van der Waals surface area contributed by atoms with Gasteiger partial charge in [0.25, 0.3) is 0 Å². The van der Waals surface area contributed by atoms with Gasteiger partial charge in [0.15, 0.2) is 5.69 Å². The maximum Gasteiger partial charge on any atom is 0.389 e. The number of aliphatic imine (C=N–C) groups is 1. The van der Waals surface area contributed by atoms with E-state index in [2.05, 4.69) is 9.98 Å². The van der Waals surface area contributed by atoms with Crippen molar-refractivity contribution >= 4 is 17.8 Å². The third-order valence-electron chi connectivity index (χ3n) is 1.15. The van der Waals surface area contributed by atoms with Gasteiger partial charge in [-0.15, -0.1) is 0 Å². The van der Waals surface area contributed by atoms with Crippen LogP contribution in [0.1, 0.15) is 0 Å². The Labute approximate surface area is 67.9 Å². The highest BCUT2D eigenvalue weighted by Crippen LogP contribution is 2.22. The Bertz CT molecular complexity index is 323. The van der Waals surface area contributed by atoms with Crippen LogP contribution < -0.4 is 5.73 Å². The van der Waals surface area contributed by atoms with Crippen LogP contribution in [0.15, 0.2) is 23.3 Å². The molecule has 0 radical (unpaired) electrons. The Hall–Kier alpha value is -1.98. The second kappa shape index (κ2) is 3.42. The molecule has 1 rings (SSSR count). The zero-order valence-electron chi connectivity index (χ0n) is 6.04. The van der Waals surface area contributed by atoms with Crippen molar-refractivity contribution in [3.8, 4) is 0 Å². The zero-order chi connectivity index (χ0) is 8.97. The lowest BCUT2D eigenvalue weighted by molar-refractivity contribution is -0.388. The number of hydrogen-bond acceptors (Lipinski definition) is 4. The minimum Gasteiger partial charge on any atom is -0.390 e. The minimum atomic E-state index is -0.609. The van der Waals surface area contributed by atoms with Gasteiger partial charge in [0, 0.05) is 0 Å². The van der Waals surface area contributed by atoms with Crippen molar-refractivity contribution in [3.05, 3.63) is 28.4 Å².